The number of hydrogen-bond acceptors (Lipinski definition) is 5. The van der Waals surface area contributed by atoms with E-state index >= 15 is 0 Å². The summed E-state index contributed by atoms with van der Waals surface area (Å²) in [4.78, 5) is 18.8. The molecule has 4 rings (SSSR count). The fourth-order valence-electron chi connectivity index (χ4n) is 2.48. The van der Waals surface area contributed by atoms with E-state index in [4.69, 9.17) is 9.47 Å². The minimum absolute atomic E-state index is 0.0672. The van der Waals surface area contributed by atoms with Crippen LogP contribution in [0.1, 0.15) is 11.0 Å². The molecule has 2 aromatic rings. The van der Waals surface area contributed by atoms with E-state index in [0.29, 0.717) is 26.4 Å². The number of fused-ring (bicyclic) bond motifs is 1. The van der Waals surface area contributed by atoms with Gasteiger partial charge < -0.3 is 14.4 Å². The summed E-state index contributed by atoms with van der Waals surface area (Å²) in [5.74, 6) is 0.0672. The largest absolute Gasteiger partial charge is 0.377 e. The van der Waals surface area contributed by atoms with Crippen molar-refractivity contribution in [3.63, 3.8) is 0 Å². The Morgan fingerprint density at radius 2 is 2.20 bits per heavy atom. The summed E-state index contributed by atoms with van der Waals surface area (Å²) in [5.41, 5.74) is 0.980. The number of benzene rings is 1. The van der Waals surface area contributed by atoms with Crippen molar-refractivity contribution >= 4 is 27.5 Å². The zero-order valence-electron chi connectivity index (χ0n) is 10.8. The third-order valence-electron chi connectivity index (χ3n) is 3.62. The molecule has 0 saturated carbocycles. The molecule has 2 unspecified atom stereocenters. The highest BCUT2D eigenvalue weighted by atomic mass is 32.1. The topological polar surface area (TPSA) is 55.0 Å². The highest BCUT2D eigenvalue weighted by Crippen LogP contribution is 2.32. The molecule has 0 radical (unpaired) electrons. The van der Waals surface area contributed by atoms with E-state index in [1.165, 1.54) is 0 Å². The van der Waals surface area contributed by atoms with E-state index in [2.05, 4.69) is 11.1 Å². The van der Waals surface area contributed by atoms with Crippen LogP contribution in [0.4, 0.5) is 0 Å². The predicted molar refractivity (Wildman–Crippen MR) is 74.6 cm³/mol. The van der Waals surface area contributed by atoms with Crippen molar-refractivity contribution in [3.05, 3.63) is 29.3 Å². The summed E-state index contributed by atoms with van der Waals surface area (Å²) < 4.78 is 11.8. The quantitative estimate of drug-likeness (QED) is 0.788. The van der Waals surface area contributed by atoms with E-state index in [-0.39, 0.29) is 18.1 Å². The molecule has 3 heterocycles. The number of nitrogens with zero attached hydrogens (tertiary/aromatic N) is 2. The summed E-state index contributed by atoms with van der Waals surface area (Å²) in [6.07, 6.45) is -0.245. The summed E-state index contributed by atoms with van der Waals surface area (Å²) in [6, 6.07) is 7.94. The number of para-hydroxylation sites is 1. The zero-order chi connectivity index (χ0) is 13.5. The molecule has 2 fully saturated rings. The molecule has 1 aromatic heterocycles. The number of carbonyl (C=O) groups excluding carboxylic acids is 1. The van der Waals surface area contributed by atoms with Crippen LogP contribution < -0.4 is 0 Å². The van der Waals surface area contributed by atoms with Gasteiger partial charge in [-0.05, 0) is 12.1 Å². The summed E-state index contributed by atoms with van der Waals surface area (Å²) in [6.45, 7) is 2.25. The summed E-state index contributed by atoms with van der Waals surface area (Å²) in [5, 5.41) is 0.944. The number of carbonyl (C=O) groups is 1. The molecule has 104 valence electrons. The summed E-state index contributed by atoms with van der Waals surface area (Å²) in [7, 11) is 0. The fraction of sp³-hybridized carbons (Fsp3) is 0.429. The molecule has 2 aliphatic rings. The van der Waals surface area contributed by atoms with Gasteiger partial charge in [0.1, 0.15) is 11.0 Å². The Labute approximate surface area is 120 Å². The van der Waals surface area contributed by atoms with Gasteiger partial charge in [-0.1, -0.05) is 12.1 Å². The van der Waals surface area contributed by atoms with Gasteiger partial charge in [0.15, 0.2) is 6.10 Å². The predicted octanol–water partition coefficient (Wildman–Crippen LogP) is 1.59. The molecule has 6 heteroatoms. The van der Waals surface area contributed by atoms with E-state index in [1.807, 2.05) is 23.1 Å². The van der Waals surface area contributed by atoms with Gasteiger partial charge in [-0.25, -0.2) is 4.98 Å². The van der Waals surface area contributed by atoms with Crippen LogP contribution in [0.25, 0.3) is 10.2 Å². The molecular weight excluding hydrogens is 276 g/mol. The van der Waals surface area contributed by atoms with Crippen molar-refractivity contribution in [2.45, 2.75) is 12.1 Å². The molecule has 0 bridgehead atoms. The number of amides is 1. The van der Waals surface area contributed by atoms with Crippen molar-refractivity contribution in [1.82, 2.24) is 9.88 Å². The Bertz CT molecular complexity index is 620. The van der Waals surface area contributed by atoms with Gasteiger partial charge in [0.25, 0.3) is 5.91 Å². The minimum atomic E-state index is -0.245. The van der Waals surface area contributed by atoms with Gasteiger partial charge in [0.05, 0.1) is 30.0 Å². The van der Waals surface area contributed by atoms with Crippen LogP contribution in [0.3, 0.4) is 0 Å². The molecule has 2 saturated heterocycles. The highest BCUT2D eigenvalue weighted by molar-refractivity contribution is 7.18. The first-order valence-electron chi connectivity index (χ1n) is 6.68. The molecule has 0 aliphatic carbocycles. The van der Waals surface area contributed by atoms with Gasteiger partial charge in [0, 0.05) is 6.54 Å². The monoisotopic (exact) mass is 290 g/mol. The van der Waals surface area contributed by atoms with Crippen molar-refractivity contribution < 1.29 is 14.3 Å². The number of aromatic nitrogens is 1. The van der Waals surface area contributed by atoms with Crippen LogP contribution in [-0.4, -0.2) is 48.3 Å². The van der Waals surface area contributed by atoms with Gasteiger partial charge in [-0.2, -0.15) is 0 Å². The van der Waals surface area contributed by atoms with Crippen LogP contribution in [-0.2, 0) is 14.3 Å². The number of epoxide rings is 1. The normalized spacial score (nSPS) is 25.9. The number of morpholine rings is 1. The molecule has 1 aromatic carbocycles. The second kappa shape index (κ2) is 4.80. The average molecular weight is 290 g/mol. The Hall–Kier alpha value is -1.50. The number of rotatable bonds is 2. The molecule has 1 amide bonds. The van der Waals surface area contributed by atoms with Gasteiger partial charge in [-0.3, -0.25) is 4.79 Å². The first kappa shape index (κ1) is 12.3. The van der Waals surface area contributed by atoms with Crippen molar-refractivity contribution in [2.24, 2.45) is 0 Å². The lowest BCUT2D eigenvalue weighted by Crippen LogP contribution is -2.45. The Morgan fingerprint density at radius 1 is 1.35 bits per heavy atom. The highest BCUT2D eigenvalue weighted by Gasteiger charge is 2.40. The third kappa shape index (κ3) is 2.09. The van der Waals surface area contributed by atoms with E-state index in [9.17, 15) is 4.79 Å². The zero-order valence-corrected chi connectivity index (χ0v) is 11.6. The first-order valence-corrected chi connectivity index (χ1v) is 7.50. The van der Waals surface area contributed by atoms with Crippen LogP contribution in [0.5, 0.6) is 0 Å². The lowest BCUT2D eigenvalue weighted by Gasteiger charge is -2.34. The van der Waals surface area contributed by atoms with Gasteiger partial charge in [-0.15, -0.1) is 11.3 Å². The Balaban J connectivity index is 1.68. The lowest BCUT2D eigenvalue weighted by atomic mass is 10.2. The van der Waals surface area contributed by atoms with Crippen molar-refractivity contribution in [3.8, 4) is 0 Å². The maximum atomic E-state index is 12.3. The molecule has 0 N–H and O–H groups in total. The van der Waals surface area contributed by atoms with Crippen LogP contribution in [0.2, 0.25) is 0 Å². The van der Waals surface area contributed by atoms with Crippen molar-refractivity contribution in [2.75, 3.05) is 26.4 Å². The average Bonchev–Trinajstić information content (AvgIpc) is 3.25. The Kier molecular flexibility index (Phi) is 2.94. The molecular formula is C14H14N2O3S. The van der Waals surface area contributed by atoms with Gasteiger partial charge in [0.2, 0.25) is 0 Å². The molecule has 2 atom stereocenters. The minimum Gasteiger partial charge on any atom is -0.377 e. The first-order chi connectivity index (χ1) is 9.83. The summed E-state index contributed by atoms with van der Waals surface area (Å²) >= 11 is 1.63. The standard InChI is InChI=1S/C14H14N2O3S/c17-14(11-8-19-11)16-5-6-18-7-10(16)13-15-9-3-1-2-4-12(9)20-13/h1-4,10-11H,5-8H2. The molecule has 5 nitrogen and oxygen atoms in total. The van der Waals surface area contributed by atoms with Gasteiger partial charge >= 0.3 is 0 Å². The fourth-order valence-corrected chi connectivity index (χ4v) is 3.55. The lowest BCUT2D eigenvalue weighted by molar-refractivity contribution is -0.141. The number of ether oxygens (including phenoxy) is 2. The molecule has 0 spiro atoms. The number of hydrogen-bond donors (Lipinski definition) is 0. The smallest absolute Gasteiger partial charge is 0.254 e. The Morgan fingerprint density at radius 3 is 3.00 bits per heavy atom. The van der Waals surface area contributed by atoms with E-state index in [1.54, 1.807) is 11.3 Å². The van der Waals surface area contributed by atoms with Crippen LogP contribution in [0.15, 0.2) is 24.3 Å². The second-order valence-electron chi connectivity index (χ2n) is 4.96. The number of thiazole rings is 1. The van der Waals surface area contributed by atoms with E-state index in [0.717, 1.165) is 15.2 Å². The maximum absolute atomic E-state index is 12.3. The SMILES string of the molecule is O=C(C1CO1)N1CCOCC1c1nc2ccccc2s1. The third-order valence-corrected chi connectivity index (χ3v) is 4.75. The molecule has 2 aliphatic heterocycles. The van der Waals surface area contributed by atoms with E-state index < -0.39 is 0 Å². The van der Waals surface area contributed by atoms with Crippen LogP contribution >= 0.6 is 11.3 Å². The van der Waals surface area contributed by atoms with Crippen molar-refractivity contribution in [1.29, 1.82) is 0 Å². The molecule has 20 heavy (non-hydrogen) atoms. The maximum Gasteiger partial charge on any atom is 0.254 e. The second-order valence-corrected chi connectivity index (χ2v) is 6.03. The van der Waals surface area contributed by atoms with Crippen LogP contribution in [0, 0.1) is 0 Å².